The molecule has 1 amide bonds. The van der Waals surface area contributed by atoms with Gasteiger partial charge in [0.25, 0.3) is 5.91 Å². The average molecular weight is 291 g/mol. The van der Waals surface area contributed by atoms with Gasteiger partial charge in [-0.05, 0) is 54.8 Å². The highest BCUT2D eigenvalue weighted by Gasteiger charge is 2.09. The minimum atomic E-state index is -0.634. The monoisotopic (exact) mass is 291 g/mol. The van der Waals surface area contributed by atoms with Crippen molar-refractivity contribution < 1.29 is 18.7 Å². The summed E-state index contributed by atoms with van der Waals surface area (Å²) < 4.78 is 26.0. The number of amides is 1. The van der Waals surface area contributed by atoms with Crippen LogP contribution in [-0.4, -0.2) is 17.6 Å². The number of carbonyl (C=O) groups is 1. The fraction of sp³-hybridized carbons (Fsp3) is 0.188. The molecule has 0 heterocycles. The average Bonchev–Trinajstić information content (AvgIpc) is 2.37. The van der Waals surface area contributed by atoms with E-state index in [1.165, 1.54) is 30.3 Å². The topological polar surface area (TPSA) is 49.3 Å². The SMILES string of the molecule is Cc1cc(O)ccc1C(=O)NCCc1cc(F)cc(F)c1. The van der Waals surface area contributed by atoms with Crippen LogP contribution in [0.1, 0.15) is 21.5 Å². The third-order valence-electron chi connectivity index (χ3n) is 3.08. The second-order valence-electron chi connectivity index (χ2n) is 4.78. The van der Waals surface area contributed by atoms with Gasteiger partial charge >= 0.3 is 0 Å². The van der Waals surface area contributed by atoms with Crippen molar-refractivity contribution in [2.24, 2.45) is 0 Å². The summed E-state index contributed by atoms with van der Waals surface area (Å²) in [5.41, 5.74) is 1.60. The molecule has 2 N–H and O–H groups in total. The van der Waals surface area contributed by atoms with Crippen LogP contribution in [0.4, 0.5) is 8.78 Å². The molecule has 0 spiro atoms. The molecule has 110 valence electrons. The van der Waals surface area contributed by atoms with Crippen molar-refractivity contribution in [3.63, 3.8) is 0 Å². The first-order valence-electron chi connectivity index (χ1n) is 6.48. The van der Waals surface area contributed by atoms with Gasteiger partial charge in [-0.25, -0.2) is 8.78 Å². The van der Waals surface area contributed by atoms with Gasteiger partial charge in [-0.3, -0.25) is 4.79 Å². The number of aromatic hydroxyl groups is 1. The lowest BCUT2D eigenvalue weighted by molar-refractivity contribution is 0.0953. The molecular weight excluding hydrogens is 276 g/mol. The number of aryl methyl sites for hydroxylation is 1. The molecule has 0 radical (unpaired) electrons. The number of phenols is 1. The number of carbonyl (C=O) groups excluding carboxylic acids is 1. The van der Waals surface area contributed by atoms with Gasteiger partial charge in [0.1, 0.15) is 17.4 Å². The van der Waals surface area contributed by atoms with E-state index < -0.39 is 11.6 Å². The van der Waals surface area contributed by atoms with Gasteiger partial charge in [0.2, 0.25) is 0 Å². The number of halogens is 2. The Bertz CT molecular complexity index is 651. The van der Waals surface area contributed by atoms with Crippen molar-refractivity contribution >= 4 is 5.91 Å². The molecule has 2 aromatic rings. The third kappa shape index (κ3) is 4.02. The molecule has 3 nitrogen and oxygen atoms in total. The molecule has 0 aliphatic carbocycles. The molecule has 5 heteroatoms. The minimum absolute atomic E-state index is 0.0966. The minimum Gasteiger partial charge on any atom is -0.508 e. The molecule has 2 aromatic carbocycles. The number of hydrogen-bond donors (Lipinski definition) is 2. The van der Waals surface area contributed by atoms with Crippen LogP contribution in [0.5, 0.6) is 5.75 Å². The fourth-order valence-corrected chi connectivity index (χ4v) is 2.07. The van der Waals surface area contributed by atoms with Gasteiger partial charge < -0.3 is 10.4 Å². The Morgan fingerprint density at radius 1 is 1.14 bits per heavy atom. The van der Waals surface area contributed by atoms with E-state index in [0.29, 0.717) is 23.1 Å². The third-order valence-corrected chi connectivity index (χ3v) is 3.08. The maximum atomic E-state index is 13.0. The van der Waals surface area contributed by atoms with Crippen molar-refractivity contribution in [3.8, 4) is 5.75 Å². The van der Waals surface area contributed by atoms with Crippen LogP contribution in [0.2, 0.25) is 0 Å². The number of rotatable bonds is 4. The summed E-state index contributed by atoms with van der Waals surface area (Å²) in [7, 11) is 0. The fourth-order valence-electron chi connectivity index (χ4n) is 2.07. The highest BCUT2D eigenvalue weighted by Crippen LogP contribution is 2.15. The van der Waals surface area contributed by atoms with Gasteiger partial charge in [-0.15, -0.1) is 0 Å². The van der Waals surface area contributed by atoms with E-state index in [2.05, 4.69) is 5.32 Å². The van der Waals surface area contributed by atoms with E-state index in [1.54, 1.807) is 6.92 Å². The van der Waals surface area contributed by atoms with Crippen molar-refractivity contribution in [2.75, 3.05) is 6.54 Å². The van der Waals surface area contributed by atoms with Crippen LogP contribution in [0.25, 0.3) is 0 Å². The summed E-state index contributed by atoms with van der Waals surface area (Å²) in [5, 5.41) is 12.0. The molecule has 0 aliphatic rings. The number of nitrogens with one attached hydrogen (secondary N) is 1. The molecule has 2 rings (SSSR count). The van der Waals surface area contributed by atoms with Crippen molar-refractivity contribution in [2.45, 2.75) is 13.3 Å². The summed E-state index contributed by atoms with van der Waals surface area (Å²) in [4.78, 5) is 12.0. The lowest BCUT2D eigenvalue weighted by atomic mass is 10.1. The Hall–Kier alpha value is -2.43. The number of benzene rings is 2. The van der Waals surface area contributed by atoms with E-state index in [9.17, 15) is 18.7 Å². The zero-order chi connectivity index (χ0) is 15.4. The van der Waals surface area contributed by atoms with E-state index >= 15 is 0 Å². The van der Waals surface area contributed by atoms with E-state index in [4.69, 9.17) is 0 Å². The molecular formula is C16H15F2NO2. The van der Waals surface area contributed by atoms with Crippen LogP contribution < -0.4 is 5.32 Å². The molecule has 0 bridgehead atoms. The van der Waals surface area contributed by atoms with E-state index in [-0.39, 0.29) is 18.2 Å². The molecule has 0 aliphatic heterocycles. The predicted molar refractivity (Wildman–Crippen MR) is 75.2 cm³/mol. The number of hydrogen-bond acceptors (Lipinski definition) is 2. The molecule has 0 saturated heterocycles. The Labute approximate surface area is 121 Å². The quantitative estimate of drug-likeness (QED) is 0.910. The Kier molecular flexibility index (Phi) is 4.52. The van der Waals surface area contributed by atoms with E-state index in [0.717, 1.165) is 6.07 Å². The Morgan fingerprint density at radius 2 is 1.81 bits per heavy atom. The Balaban J connectivity index is 1.95. The predicted octanol–water partition coefficient (Wildman–Crippen LogP) is 2.95. The molecule has 0 saturated carbocycles. The van der Waals surface area contributed by atoms with Crippen molar-refractivity contribution in [1.82, 2.24) is 5.32 Å². The molecule has 0 fully saturated rings. The lowest BCUT2D eigenvalue weighted by Crippen LogP contribution is -2.26. The van der Waals surface area contributed by atoms with Crippen molar-refractivity contribution in [3.05, 3.63) is 64.7 Å². The molecule has 0 atom stereocenters. The summed E-state index contributed by atoms with van der Waals surface area (Å²) in [6, 6.07) is 7.74. The molecule has 21 heavy (non-hydrogen) atoms. The standard InChI is InChI=1S/C16H15F2NO2/c1-10-6-14(20)2-3-15(10)16(21)19-5-4-11-7-12(17)9-13(18)8-11/h2-3,6-9,20H,4-5H2,1H3,(H,19,21). The largest absolute Gasteiger partial charge is 0.508 e. The van der Waals surface area contributed by atoms with Gasteiger partial charge in [-0.2, -0.15) is 0 Å². The first kappa shape index (κ1) is 15.0. The van der Waals surface area contributed by atoms with Gasteiger partial charge in [-0.1, -0.05) is 0 Å². The Morgan fingerprint density at radius 3 is 2.43 bits per heavy atom. The van der Waals surface area contributed by atoms with Crippen LogP contribution >= 0.6 is 0 Å². The number of phenolic OH excluding ortho intramolecular Hbond substituents is 1. The maximum Gasteiger partial charge on any atom is 0.251 e. The second kappa shape index (κ2) is 6.35. The van der Waals surface area contributed by atoms with Crippen LogP contribution in [0.15, 0.2) is 36.4 Å². The smallest absolute Gasteiger partial charge is 0.251 e. The second-order valence-corrected chi connectivity index (χ2v) is 4.78. The zero-order valence-electron chi connectivity index (χ0n) is 11.5. The van der Waals surface area contributed by atoms with Crippen LogP contribution in [0.3, 0.4) is 0 Å². The zero-order valence-corrected chi connectivity index (χ0v) is 11.5. The molecule has 0 aromatic heterocycles. The summed E-state index contributed by atoms with van der Waals surface area (Å²) in [6.07, 6.45) is 0.331. The van der Waals surface area contributed by atoms with E-state index in [1.807, 2.05) is 0 Å². The van der Waals surface area contributed by atoms with Gasteiger partial charge in [0.05, 0.1) is 0 Å². The summed E-state index contributed by atoms with van der Waals surface area (Å²) in [6.45, 7) is 1.98. The summed E-state index contributed by atoms with van der Waals surface area (Å²) >= 11 is 0. The van der Waals surface area contributed by atoms with Gasteiger partial charge in [0.15, 0.2) is 0 Å². The normalized spacial score (nSPS) is 10.4. The highest BCUT2D eigenvalue weighted by molar-refractivity contribution is 5.95. The first-order valence-corrected chi connectivity index (χ1v) is 6.48. The lowest BCUT2D eigenvalue weighted by Gasteiger charge is -2.08. The maximum absolute atomic E-state index is 13.0. The van der Waals surface area contributed by atoms with Crippen molar-refractivity contribution in [1.29, 1.82) is 0 Å². The molecule has 0 unspecified atom stereocenters. The van der Waals surface area contributed by atoms with Crippen LogP contribution in [-0.2, 0) is 6.42 Å². The highest BCUT2D eigenvalue weighted by atomic mass is 19.1. The first-order chi connectivity index (χ1) is 9.95. The van der Waals surface area contributed by atoms with Gasteiger partial charge in [0, 0.05) is 18.2 Å². The van der Waals surface area contributed by atoms with Crippen LogP contribution in [0, 0.1) is 18.6 Å². The summed E-state index contributed by atoms with van der Waals surface area (Å²) in [5.74, 6) is -1.46.